The normalized spacial score (nSPS) is 14.8. The summed E-state index contributed by atoms with van der Waals surface area (Å²) in [4.78, 5) is 10.1. The number of rotatable bonds is 5. The van der Waals surface area contributed by atoms with Crippen molar-refractivity contribution in [2.75, 3.05) is 6.61 Å². The first-order valence-corrected chi connectivity index (χ1v) is 5.70. The van der Waals surface area contributed by atoms with Gasteiger partial charge >= 0.3 is 0 Å². The number of nitro groups is 1. The quantitative estimate of drug-likeness (QED) is 0.452. The van der Waals surface area contributed by atoms with Gasteiger partial charge in [0.15, 0.2) is 0 Å². The number of hydrogen-bond donors (Lipinski definition) is 0. The third-order valence-electron chi connectivity index (χ3n) is 2.57. The van der Waals surface area contributed by atoms with Crippen molar-refractivity contribution in [2.45, 2.75) is 18.7 Å². The van der Waals surface area contributed by atoms with Gasteiger partial charge in [0, 0.05) is 17.7 Å². The van der Waals surface area contributed by atoms with Crippen LogP contribution in [0.4, 0.5) is 5.69 Å². The van der Waals surface area contributed by atoms with Crippen molar-refractivity contribution in [3.8, 4) is 5.75 Å². The van der Waals surface area contributed by atoms with Gasteiger partial charge in [0.2, 0.25) is 0 Å². The molecule has 0 heterocycles. The lowest BCUT2D eigenvalue weighted by molar-refractivity contribution is -0.384. The third kappa shape index (κ3) is 2.64. The molecule has 2 rings (SSSR count). The number of hydrogen-bond acceptors (Lipinski definition) is 3. The van der Waals surface area contributed by atoms with Crippen molar-refractivity contribution in [2.24, 2.45) is 5.92 Å². The van der Waals surface area contributed by atoms with E-state index < -0.39 is 4.92 Å². The number of benzene rings is 1. The fourth-order valence-electron chi connectivity index (χ4n) is 1.42. The molecule has 1 aromatic rings. The summed E-state index contributed by atoms with van der Waals surface area (Å²) in [5.74, 6) is 1.53. The first-order valence-electron chi connectivity index (χ1n) is 5.17. The second-order valence-electron chi connectivity index (χ2n) is 3.94. The molecule has 1 saturated carbocycles. The lowest BCUT2D eigenvalue weighted by Gasteiger charge is -2.08. The van der Waals surface area contributed by atoms with Gasteiger partial charge in [-0.2, -0.15) is 0 Å². The topological polar surface area (TPSA) is 52.4 Å². The lowest BCUT2D eigenvalue weighted by Crippen LogP contribution is -2.01. The van der Waals surface area contributed by atoms with Crippen LogP contribution in [0.2, 0.25) is 0 Å². The van der Waals surface area contributed by atoms with Crippen LogP contribution >= 0.6 is 11.6 Å². The molecule has 5 heteroatoms. The molecule has 0 radical (unpaired) electrons. The molecule has 0 bridgehead atoms. The molecule has 0 saturated heterocycles. The third-order valence-corrected chi connectivity index (χ3v) is 2.86. The molecule has 1 aromatic carbocycles. The Morgan fingerprint density at radius 1 is 1.50 bits per heavy atom. The fourth-order valence-corrected chi connectivity index (χ4v) is 1.63. The van der Waals surface area contributed by atoms with E-state index in [0.717, 1.165) is 0 Å². The van der Waals surface area contributed by atoms with Crippen LogP contribution in [-0.2, 0) is 5.88 Å². The molecule has 0 aromatic heterocycles. The molecule has 0 spiro atoms. The summed E-state index contributed by atoms with van der Waals surface area (Å²) in [5.41, 5.74) is 0.728. The Balaban J connectivity index is 2.12. The zero-order valence-corrected chi connectivity index (χ0v) is 9.44. The van der Waals surface area contributed by atoms with Crippen molar-refractivity contribution in [3.63, 3.8) is 0 Å². The molecule has 4 nitrogen and oxygen atoms in total. The van der Waals surface area contributed by atoms with Crippen molar-refractivity contribution in [3.05, 3.63) is 33.9 Å². The second kappa shape index (κ2) is 4.70. The van der Waals surface area contributed by atoms with E-state index in [-0.39, 0.29) is 11.6 Å². The molecule has 86 valence electrons. The Hall–Kier alpha value is -1.29. The van der Waals surface area contributed by atoms with Crippen molar-refractivity contribution in [1.29, 1.82) is 0 Å². The van der Waals surface area contributed by atoms with E-state index in [2.05, 4.69) is 0 Å². The van der Waals surface area contributed by atoms with Crippen LogP contribution in [-0.4, -0.2) is 11.5 Å². The molecule has 0 amide bonds. The number of halogens is 1. The van der Waals surface area contributed by atoms with Crippen LogP contribution in [0.25, 0.3) is 0 Å². The summed E-state index contributed by atoms with van der Waals surface area (Å²) in [7, 11) is 0. The van der Waals surface area contributed by atoms with E-state index in [1.54, 1.807) is 6.07 Å². The van der Waals surface area contributed by atoms with Crippen molar-refractivity contribution >= 4 is 17.3 Å². The number of nitrogens with zero attached hydrogens (tertiary/aromatic N) is 1. The van der Waals surface area contributed by atoms with Gasteiger partial charge in [-0.05, 0) is 24.8 Å². The Kier molecular flexibility index (Phi) is 3.29. The number of non-ortho nitro benzene ring substituents is 1. The first-order chi connectivity index (χ1) is 7.70. The Morgan fingerprint density at radius 2 is 2.25 bits per heavy atom. The summed E-state index contributed by atoms with van der Waals surface area (Å²) >= 11 is 5.74. The Morgan fingerprint density at radius 3 is 2.81 bits per heavy atom. The van der Waals surface area contributed by atoms with E-state index >= 15 is 0 Å². The van der Waals surface area contributed by atoms with Crippen molar-refractivity contribution < 1.29 is 9.66 Å². The summed E-state index contributed by atoms with van der Waals surface area (Å²) in [6.07, 6.45) is 2.42. The van der Waals surface area contributed by atoms with E-state index in [4.69, 9.17) is 16.3 Å². The lowest BCUT2D eigenvalue weighted by atomic mass is 10.2. The molecular formula is C11H12ClNO3. The van der Waals surface area contributed by atoms with Crippen LogP contribution in [0.3, 0.4) is 0 Å². The Labute approximate surface area is 98.3 Å². The molecule has 0 atom stereocenters. The summed E-state index contributed by atoms with van der Waals surface area (Å²) in [6.45, 7) is 0.682. The zero-order valence-electron chi connectivity index (χ0n) is 8.69. The minimum absolute atomic E-state index is 0.0504. The van der Waals surface area contributed by atoms with Gasteiger partial charge in [-0.15, -0.1) is 11.6 Å². The van der Waals surface area contributed by atoms with Crippen LogP contribution < -0.4 is 4.74 Å². The van der Waals surface area contributed by atoms with Gasteiger partial charge in [0.1, 0.15) is 5.75 Å². The standard InChI is InChI=1S/C11H12ClNO3/c12-6-9-5-10(13(14)15)3-4-11(9)16-7-8-1-2-8/h3-5,8H,1-2,6-7H2. The maximum atomic E-state index is 10.6. The average Bonchev–Trinajstić information content (AvgIpc) is 3.09. The van der Waals surface area contributed by atoms with Crippen LogP contribution in [0, 0.1) is 16.0 Å². The van der Waals surface area contributed by atoms with Gasteiger partial charge in [-0.25, -0.2) is 0 Å². The molecule has 0 aliphatic heterocycles. The van der Waals surface area contributed by atoms with Gasteiger partial charge in [0.25, 0.3) is 5.69 Å². The fraction of sp³-hybridized carbons (Fsp3) is 0.455. The molecule has 0 unspecified atom stereocenters. The van der Waals surface area contributed by atoms with E-state index in [1.807, 2.05) is 0 Å². The number of ether oxygens (including phenoxy) is 1. The van der Waals surface area contributed by atoms with E-state index in [0.29, 0.717) is 23.8 Å². The second-order valence-corrected chi connectivity index (χ2v) is 4.20. The molecule has 1 aliphatic rings. The SMILES string of the molecule is O=[N+]([O-])c1ccc(OCC2CC2)c(CCl)c1. The number of nitro benzene ring substituents is 1. The van der Waals surface area contributed by atoms with Crippen molar-refractivity contribution in [1.82, 2.24) is 0 Å². The molecule has 1 fully saturated rings. The first kappa shape index (κ1) is 11.2. The number of alkyl halides is 1. The highest BCUT2D eigenvalue weighted by molar-refractivity contribution is 6.17. The van der Waals surface area contributed by atoms with Crippen LogP contribution in [0.5, 0.6) is 5.75 Å². The van der Waals surface area contributed by atoms with Gasteiger partial charge in [-0.3, -0.25) is 10.1 Å². The summed E-state index contributed by atoms with van der Waals surface area (Å²) < 4.78 is 5.58. The highest BCUT2D eigenvalue weighted by atomic mass is 35.5. The molecule has 1 aliphatic carbocycles. The predicted octanol–water partition coefficient (Wildman–Crippen LogP) is 3.12. The monoisotopic (exact) mass is 241 g/mol. The largest absolute Gasteiger partial charge is 0.493 e. The highest BCUT2D eigenvalue weighted by Gasteiger charge is 2.22. The maximum Gasteiger partial charge on any atom is 0.270 e. The molecule has 16 heavy (non-hydrogen) atoms. The van der Waals surface area contributed by atoms with Gasteiger partial charge in [0.05, 0.1) is 17.4 Å². The van der Waals surface area contributed by atoms with Gasteiger partial charge < -0.3 is 4.74 Å². The molecular weight excluding hydrogens is 230 g/mol. The van der Waals surface area contributed by atoms with E-state index in [1.165, 1.54) is 25.0 Å². The minimum atomic E-state index is -0.430. The predicted molar refractivity (Wildman–Crippen MR) is 60.9 cm³/mol. The summed E-state index contributed by atoms with van der Waals surface area (Å²) in [5, 5.41) is 10.6. The zero-order chi connectivity index (χ0) is 11.5. The molecule has 0 N–H and O–H groups in total. The Bertz CT molecular complexity index is 404. The summed E-state index contributed by atoms with van der Waals surface area (Å²) in [6, 6.07) is 4.53. The van der Waals surface area contributed by atoms with E-state index in [9.17, 15) is 10.1 Å². The van der Waals surface area contributed by atoms with Gasteiger partial charge in [-0.1, -0.05) is 0 Å². The minimum Gasteiger partial charge on any atom is -0.493 e. The smallest absolute Gasteiger partial charge is 0.270 e. The highest BCUT2D eigenvalue weighted by Crippen LogP contribution is 2.31. The maximum absolute atomic E-state index is 10.6. The van der Waals surface area contributed by atoms with Crippen LogP contribution in [0.15, 0.2) is 18.2 Å². The average molecular weight is 242 g/mol. The van der Waals surface area contributed by atoms with Crippen LogP contribution in [0.1, 0.15) is 18.4 Å².